The van der Waals surface area contributed by atoms with Gasteiger partial charge >= 0.3 is 0 Å². The third kappa shape index (κ3) is 4.33. The van der Waals surface area contributed by atoms with Gasteiger partial charge in [-0.3, -0.25) is 0 Å². The molecule has 0 radical (unpaired) electrons. The second-order valence-electron chi connectivity index (χ2n) is 8.31. The van der Waals surface area contributed by atoms with Gasteiger partial charge in [-0.1, -0.05) is 11.8 Å². The topological polar surface area (TPSA) is 82.2 Å². The van der Waals surface area contributed by atoms with Crippen LogP contribution in [0.5, 0.6) is 0 Å². The summed E-state index contributed by atoms with van der Waals surface area (Å²) < 4.78 is 36.5. The van der Waals surface area contributed by atoms with E-state index in [0.717, 1.165) is 54.7 Å². The summed E-state index contributed by atoms with van der Waals surface area (Å²) in [6, 6.07) is 5.17. The lowest BCUT2D eigenvalue weighted by molar-refractivity contribution is 0.0945. The van der Waals surface area contributed by atoms with Gasteiger partial charge in [0.15, 0.2) is 5.16 Å². The molecule has 32 heavy (non-hydrogen) atoms. The summed E-state index contributed by atoms with van der Waals surface area (Å²) in [6.45, 7) is 8.65. The van der Waals surface area contributed by atoms with Gasteiger partial charge in [0.25, 0.3) is 0 Å². The molecule has 4 rings (SSSR count). The minimum atomic E-state index is -3.50. The van der Waals surface area contributed by atoms with Crippen molar-refractivity contribution in [2.75, 3.05) is 20.7 Å². The Hall–Kier alpha value is -1.88. The van der Waals surface area contributed by atoms with Crippen molar-refractivity contribution >= 4 is 32.8 Å². The number of hydrogen-bond acceptors (Lipinski definition) is 6. The van der Waals surface area contributed by atoms with E-state index in [1.807, 2.05) is 13.0 Å². The molecule has 1 saturated heterocycles. The first kappa shape index (κ1) is 23.3. The van der Waals surface area contributed by atoms with Crippen molar-refractivity contribution in [3.8, 4) is 0 Å². The summed E-state index contributed by atoms with van der Waals surface area (Å²) in [6.07, 6.45) is 2.45. The van der Waals surface area contributed by atoms with Gasteiger partial charge in [0, 0.05) is 32.9 Å². The number of sulfonamides is 1. The first-order chi connectivity index (χ1) is 15.2. The smallest absolute Gasteiger partial charge is 0.242 e. The molecule has 1 fully saturated rings. The summed E-state index contributed by atoms with van der Waals surface area (Å²) in [5, 5.41) is 0.973. The molecule has 1 aromatic carbocycles. The Bertz CT molecular complexity index is 1220. The van der Waals surface area contributed by atoms with Crippen LogP contribution in [0.25, 0.3) is 11.0 Å². The fraction of sp³-hybridized carbons (Fsp3) is 0.545. The van der Waals surface area contributed by atoms with Crippen LogP contribution in [0.2, 0.25) is 0 Å². The van der Waals surface area contributed by atoms with Crippen molar-refractivity contribution in [2.24, 2.45) is 0 Å². The standard InChI is InChI=1S/C22H31N5O3S2/c1-6-26-20-10-9-18(32(28,29)25(4)5)12-19(20)24-21(26)14-31-22-23-15(2)16(3)27(22)13-17-8-7-11-30-17/h9-10,12,17H,6-8,11,13-14H2,1-5H3/t17-/m0/s1. The molecular weight excluding hydrogens is 446 g/mol. The molecule has 3 aromatic rings. The number of hydrogen-bond donors (Lipinski definition) is 0. The molecule has 0 aliphatic carbocycles. The molecule has 0 unspecified atom stereocenters. The van der Waals surface area contributed by atoms with E-state index in [0.29, 0.717) is 11.3 Å². The predicted octanol–water partition coefficient (Wildman–Crippen LogP) is 3.59. The Balaban J connectivity index is 1.61. The van der Waals surface area contributed by atoms with Crippen molar-refractivity contribution < 1.29 is 13.2 Å². The molecule has 0 bridgehead atoms. The van der Waals surface area contributed by atoms with E-state index in [-0.39, 0.29) is 11.0 Å². The van der Waals surface area contributed by atoms with Crippen LogP contribution in [0.15, 0.2) is 28.3 Å². The number of thioether (sulfide) groups is 1. The molecule has 1 aliphatic rings. The molecular formula is C22H31N5O3S2. The van der Waals surface area contributed by atoms with Crippen molar-refractivity contribution in [1.82, 2.24) is 23.4 Å². The molecule has 10 heteroatoms. The Labute approximate surface area is 194 Å². The van der Waals surface area contributed by atoms with Crippen LogP contribution in [0.4, 0.5) is 0 Å². The molecule has 2 aromatic heterocycles. The van der Waals surface area contributed by atoms with Crippen LogP contribution < -0.4 is 0 Å². The summed E-state index contributed by atoms with van der Waals surface area (Å²) in [5.41, 5.74) is 3.84. The molecule has 0 spiro atoms. The maximum Gasteiger partial charge on any atom is 0.242 e. The zero-order chi connectivity index (χ0) is 23.0. The quantitative estimate of drug-likeness (QED) is 0.461. The lowest BCUT2D eigenvalue weighted by Gasteiger charge is -2.14. The second-order valence-corrected chi connectivity index (χ2v) is 11.4. The fourth-order valence-electron chi connectivity index (χ4n) is 4.06. The number of aryl methyl sites for hydroxylation is 2. The highest BCUT2D eigenvalue weighted by atomic mass is 32.2. The molecule has 0 amide bonds. The highest BCUT2D eigenvalue weighted by Crippen LogP contribution is 2.29. The van der Waals surface area contributed by atoms with E-state index in [1.54, 1.807) is 23.9 Å². The molecule has 1 atom stereocenters. The molecule has 0 N–H and O–H groups in total. The van der Waals surface area contributed by atoms with Crippen LogP contribution in [-0.2, 0) is 33.6 Å². The summed E-state index contributed by atoms with van der Waals surface area (Å²) in [4.78, 5) is 9.84. The van der Waals surface area contributed by atoms with E-state index in [1.165, 1.54) is 24.1 Å². The van der Waals surface area contributed by atoms with Crippen molar-refractivity contribution in [2.45, 2.75) is 68.6 Å². The lowest BCUT2D eigenvalue weighted by Crippen LogP contribution is -2.22. The lowest BCUT2D eigenvalue weighted by atomic mass is 10.2. The van der Waals surface area contributed by atoms with Crippen LogP contribution in [-0.4, -0.2) is 58.6 Å². The largest absolute Gasteiger partial charge is 0.376 e. The Morgan fingerprint density at radius 1 is 1.22 bits per heavy atom. The Morgan fingerprint density at radius 2 is 2.00 bits per heavy atom. The summed E-state index contributed by atoms with van der Waals surface area (Å²) in [7, 11) is -0.426. The third-order valence-corrected chi connectivity index (χ3v) is 8.84. The van der Waals surface area contributed by atoms with Gasteiger partial charge in [0.1, 0.15) is 5.82 Å². The van der Waals surface area contributed by atoms with Gasteiger partial charge in [-0.25, -0.2) is 22.7 Å². The Kier molecular flexibility index (Phi) is 6.67. The fourth-order valence-corrected chi connectivity index (χ4v) is 6.03. The summed E-state index contributed by atoms with van der Waals surface area (Å²) in [5.74, 6) is 1.56. The second kappa shape index (κ2) is 9.17. The van der Waals surface area contributed by atoms with Crippen molar-refractivity contribution in [1.29, 1.82) is 0 Å². The molecule has 8 nitrogen and oxygen atoms in total. The van der Waals surface area contributed by atoms with Gasteiger partial charge in [-0.2, -0.15) is 0 Å². The van der Waals surface area contributed by atoms with Gasteiger partial charge in [-0.15, -0.1) is 0 Å². The van der Waals surface area contributed by atoms with E-state index >= 15 is 0 Å². The van der Waals surface area contributed by atoms with Gasteiger partial charge in [-0.05, 0) is 51.8 Å². The molecule has 3 heterocycles. The predicted molar refractivity (Wildman–Crippen MR) is 127 cm³/mol. The highest BCUT2D eigenvalue weighted by molar-refractivity contribution is 7.98. The van der Waals surface area contributed by atoms with E-state index in [4.69, 9.17) is 14.7 Å². The number of benzene rings is 1. The number of nitrogens with zero attached hydrogens (tertiary/aromatic N) is 5. The minimum Gasteiger partial charge on any atom is -0.376 e. The number of aromatic nitrogens is 4. The SMILES string of the molecule is CCn1c(CSc2nc(C)c(C)n2C[C@@H]2CCCO2)nc2cc(S(=O)(=O)N(C)C)ccc21. The van der Waals surface area contributed by atoms with Crippen LogP contribution in [0.1, 0.15) is 37.0 Å². The first-order valence-corrected chi connectivity index (χ1v) is 13.3. The number of imidazole rings is 2. The zero-order valence-electron chi connectivity index (χ0n) is 19.3. The maximum atomic E-state index is 12.5. The van der Waals surface area contributed by atoms with Crippen molar-refractivity contribution in [3.05, 3.63) is 35.4 Å². The maximum absolute atomic E-state index is 12.5. The molecule has 174 valence electrons. The average Bonchev–Trinajstić information content (AvgIpc) is 3.46. The van der Waals surface area contributed by atoms with Gasteiger partial charge in [0.05, 0.1) is 40.0 Å². The van der Waals surface area contributed by atoms with Crippen molar-refractivity contribution in [3.63, 3.8) is 0 Å². The molecule has 0 saturated carbocycles. The van der Waals surface area contributed by atoms with Gasteiger partial charge in [0.2, 0.25) is 10.0 Å². The highest BCUT2D eigenvalue weighted by Gasteiger charge is 2.22. The molecule has 1 aliphatic heterocycles. The number of ether oxygens (including phenoxy) is 1. The van der Waals surface area contributed by atoms with Crippen LogP contribution in [0.3, 0.4) is 0 Å². The number of fused-ring (bicyclic) bond motifs is 1. The van der Waals surface area contributed by atoms with Crippen LogP contribution in [0, 0.1) is 13.8 Å². The van der Waals surface area contributed by atoms with E-state index < -0.39 is 10.0 Å². The van der Waals surface area contributed by atoms with E-state index in [9.17, 15) is 8.42 Å². The average molecular weight is 478 g/mol. The minimum absolute atomic E-state index is 0.249. The Morgan fingerprint density at radius 3 is 2.66 bits per heavy atom. The van der Waals surface area contributed by atoms with E-state index in [2.05, 4.69) is 23.0 Å². The monoisotopic (exact) mass is 477 g/mol. The zero-order valence-corrected chi connectivity index (χ0v) is 21.0. The third-order valence-electron chi connectivity index (χ3n) is 6.06. The number of rotatable bonds is 8. The normalized spacial score (nSPS) is 17.1. The summed E-state index contributed by atoms with van der Waals surface area (Å²) >= 11 is 1.66. The first-order valence-electron chi connectivity index (χ1n) is 10.9. The van der Waals surface area contributed by atoms with Gasteiger partial charge < -0.3 is 13.9 Å². The van der Waals surface area contributed by atoms with Crippen LogP contribution >= 0.6 is 11.8 Å².